The monoisotopic (exact) mass is 453 g/mol. The van der Waals surface area contributed by atoms with Crippen LogP contribution >= 0.6 is 0 Å². The molecule has 2 rings (SSSR count). The number of esters is 1. The molecule has 0 atom stereocenters. The molecule has 0 heterocycles. The van der Waals surface area contributed by atoms with Crippen LogP contribution in [0.25, 0.3) is 6.08 Å². The molecule has 0 radical (unpaired) electrons. The van der Waals surface area contributed by atoms with Crippen molar-refractivity contribution in [3.63, 3.8) is 0 Å². The number of anilines is 1. The molecule has 0 saturated heterocycles. The Morgan fingerprint density at radius 1 is 0.935 bits per heavy atom. The third-order valence-corrected chi connectivity index (χ3v) is 4.96. The molecular weight excluding hydrogens is 430 g/mol. The van der Waals surface area contributed by atoms with Gasteiger partial charge in [-0.05, 0) is 18.2 Å². The summed E-state index contributed by atoms with van der Waals surface area (Å²) in [5, 5.41) is 9.78. The summed E-state index contributed by atoms with van der Waals surface area (Å²) in [6, 6.07) is 7.28. The highest BCUT2D eigenvalue weighted by molar-refractivity contribution is 7.95. The maximum absolute atomic E-state index is 12.6. The van der Waals surface area contributed by atoms with Crippen molar-refractivity contribution in [3.8, 4) is 28.7 Å². The highest BCUT2D eigenvalue weighted by atomic mass is 32.2. The van der Waals surface area contributed by atoms with Crippen LogP contribution in [0.4, 0.5) is 5.69 Å². The summed E-state index contributed by atoms with van der Waals surface area (Å²) in [5.41, 5.74) is 0.503. The Bertz CT molecular complexity index is 1040. The van der Waals surface area contributed by atoms with Gasteiger partial charge in [-0.3, -0.25) is 4.72 Å². The molecule has 31 heavy (non-hydrogen) atoms. The zero-order chi connectivity index (χ0) is 23.0. The van der Waals surface area contributed by atoms with Crippen LogP contribution in [0.1, 0.15) is 5.56 Å². The molecule has 0 aliphatic rings. The third kappa shape index (κ3) is 6.27. The van der Waals surface area contributed by atoms with Crippen molar-refractivity contribution in [1.29, 1.82) is 0 Å². The Balaban J connectivity index is 2.33. The molecular formula is C20H23NO9S. The van der Waals surface area contributed by atoms with Crippen LogP contribution in [-0.2, 0) is 14.8 Å². The van der Waals surface area contributed by atoms with Crippen molar-refractivity contribution in [2.75, 3.05) is 39.8 Å². The van der Waals surface area contributed by atoms with Gasteiger partial charge in [0.2, 0.25) is 0 Å². The molecule has 0 aliphatic heterocycles. The zero-order valence-corrected chi connectivity index (χ0v) is 18.2. The van der Waals surface area contributed by atoms with Crippen LogP contribution in [0.15, 0.2) is 35.7 Å². The number of sulfonamides is 1. The summed E-state index contributed by atoms with van der Waals surface area (Å²) in [6.07, 6.45) is 1.32. The van der Waals surface area contributed by atoms with Gasteiger partial charge < -0.3 is 28.8 Å². The summed E-state index contributed by atoms with van der Waals surface area (Å²) in [7, 11) is 1.74. The Kier molecular flexibility index (Phi) is 8.11. The van der Waals surface area contributed by atoms with E-state index in [1.54, 1.807) is 12.1 Å². The summed E-state index contributed by atoms with van der Waals surface area (Å²) in [5.74, 6) is 0.403. The van der Waals surface area contributed by atoms with Crippen molar-refractivity contribution >= 4 is 27.8 Å². The first-order valence-electron chi connectivity index (χ1n) is 8.77. The Labute approximate surface area is 180 Å². The highest BCUT2D eigenvalue weighted by Crippen LogP contribution is 2.35. The molecule has 2 aromatic rings. The van der Waals surface area contributed by atoms with E-state index in [9.17, 15) is 13.2 Å². The van der Waals surface area contributed by atoms with Crippen molar-refractivity contribution in [3.05, 3.63) is 41.3 Å². The van der Waals surface area contributed by atoms with Crippen LogP contribution in [0.3, 0.4) is 0 Å². The van der Waals surface area contributed by atoms with E-state index in [4.69, 9.17) is 28.8 Å². The third-order valence-electron chi connectivity index (χ3n) is 3.94. The van der Waals surface area contributed by atoms with E-state index in [0.29, 0.717) is 22.8 Å². The average Bonchev–Trinajstić information content (AvgIpc) is 2.76. The Morgan fingerprint density at radius 3 is 2.06 bits per heavy atom. The minimum Gasteiger partial charge on any atom is -0.496 e. The van der Waals surface area contributed by atoms with Gasteiger partial charge in [-0.25, -0.2) is 13.2 Å². The van der Waals surface area contributed by atoms with Gasteiger partial charge in [-0.15, -0.1) is 0 Å². The number of aliphatic hydroxyl groups excluding tert-OH is 1. The lowest BCUT2D eigenvalue weighted by molar-refractivity contribution is -0.137. The van der Waals surface area contributed by atoms with Crippen molar-refractivity contribution in [1.82, 2.24) is 0 Å². The topological polar surface area (TPSA) is 130 Å². The second kappa shape index (κ2) is 10.5. The molecule has 168 valence electrons. The summed E-state index contributed by atoms with van der Waals surface area (Å²) < 4.78 is 53.2. The molecule has 0 aromatic heterocycles. The molecule has 0 bridgehead atoms. The second-order valence-electron chi connectivity index (χ2n) is 5.89. The predicted molar refractivity (Wildman–Crippen MR) is 113 cm³/mol. The molecule has 10 nitrogen and oxygen atoms in total. The maximum Gasteiger partial charge on any atom is 0.337 e. The van der Waals surface area contributed by atoms with E-state index in [0.717, 1.165) is 5.41 Å². The molecule has 0 saturated carbocycles. The van der Waals surface area contributed by atoms with Gasteiger partial charge in [0.25, 0.3) is 10.0 Å². The fourth-order valence-electron chi connectivity index (χ4n) is 2.53. The largest absolute Gasteiger partial charge is 0.496 e. The highest BCUT2D eigenvalue weighted by Gasteiger charge is 2.15. The van der Waals surface area contributed by atoms with Crippen LogP contribution in [0.2, 0.25) is 0 Å². The molecule has 0 amide bonds. The molecule has 11 heteroatoms. The van der Waals surface area contributed by atoms with Gasteiger partial charge in [0.15, 0.2) is 11.5 Å². The molecule has 0 fully saturated rings. The van der Waals surface area contributed by atoms with Gasteiger partial charge in [-0.2, -0.15) is 0 Å². The number of aliphatic hydroxyl groups is 1. The molecule has 0 aliphatic carbocycles. The van der Waals surface area contributed by atoms with Gasteiger partial charge in [0.1, 0.15) is 23.9 Å². The van der Waals surface area contributed by atoms with Crippen LogP contribution in [-0.4, -0.2) is 54.5 Å². The number of rotatable bonds is 10. The maximum atomic E-state index is 12.6. The Hall–Kier alpha value is -3.44. The quantitative estimate of drug-likeness (QED) is 0.410. The number of ether oxygens (including phenoxy) is 5. The zero-order valence-electron chi connectivity index (χ0n) is 17.4. The van der Waals surface area contributed by atoms with Crippen LogP contribution in [0.5, 0.6) is 28.7 Å². The summed E-state index contributed by atoms with van der Waals surface area (Å²) in [4.78, 5) is 11.4. The molecule has 2 aromatic carbocycles. The number of carbonyl (C=O) groups excluding carboxylic acids is 1. The summed E-state index contributed by atoms with van der Waals surface area (Å²) in [6.45, 7) is -0.840. The van der Waals surface area contributed by atoms with Gasteiger partial charge in [0, 0.05) is 18.2 Å². The van der Waals surface area contributed by atoms with E-state index in [-0.39, 0.29) is 17.2 Å². The first-order chi connectivity index (χ1) is 14.8. The van der Waals surface area contributed by atoms with Gasteiger partial charge in [0.05, 0.1) is 45.1 Å². The van der Waals surface area contributed by atoms with E-state index in [1.807, 2.05) is 0 Å². The first-order valence-corrected chi connectivity index (χ1v) is 10.3. The van der Waals surface area contributed by atoms with Gasteiger partial charge >= 0.3 is 5.97 Å². The predicted octanol–water partition coefficient (Wildman–Crippen LogP) is 2.03. The lowest BCUT2D eigenvalue weighted by Gasteiger charge is -2.13. The van der Waals surface area contributed by atoms with E-state index >= 15 is 0 Å². The Morgan fingerprint density at radius 2 is 1.55 bits per heavy atom. The minimum atomic E-state index is -3.97. The first kappa shape index (κ1) is 23.8. The normalized spacial score (nSPS) is 11.1. The SMILES string of the molecule is COc1cc(OC)c(/C=C/S(=O)(=O)Nc2ccc(OC)c(OC(=O)CO)c2)c(OC)c1. The van der Waals surface area contributed by atoms with Gasteiger partial charge in [-0.1, -0.05) is 0 Å². The standard InChI is InChI=1S/C20H23NO9S/c1-26-14-10-17(28-3)15(18(11-14)29-4)7-8-31(24,25)21-13-5-6-16(27-2)19(9-13)30-20(23)12-22/h5-11,21-22H,12H2,1-4H3/b8-7+. The number of hydrogen-bond acceptors (Lipinski definition) is 9. The number of nitrogens with one attached hydrogen (secondary N) is 1. The minimum absolute atomic E-state index is 0.0516. The number of hydrogen-bond donors (Lipinski definition) is 2. The van der Waals surface area contributed by atoms with Crippen molar-refractivity contribution < 1.29 is 42.0 Å². The lowest BCUT2D eigenvalue weighted by Crippen LogP contribution is -2.13. The van der Waals surface area contributed by atoms with E-state index < -0.39 is 22.6 Å². The van der Waals surface area contributed by atoms with E-state index in [1.165, 1.54) is 52.7 Å². The number of benzene rings is 2. The van der Waals surface area contributed by atoms with Crippen molar-refractivity contribution in [2.45, 2.75) is 0 Å². The second-order valence-corrected chi connectivity index (χ2v) is 7.46. The lowest BCUT2D eigenvalue weighted by atomic mass is 10.1. The smallest absolute Gasteiger partial charge is 0.337 e. The number of methoxy groups -OCH3 is 4. The molecule has 0 spiro atoms. The number of carbonyl (C=O) groups is 1. The average molecular weight is 453 g/mol. The van der Waals surface area contributed by atoms with Crippen LogP contribution < -0.4 is 28.4 Å². The summed E-state index contributed by atoms with van der Waals surface area (Å²) >= 11 is 0. The fraction of sp³-hybridized carbons (Fsp3) is 0.250. The van der Waals surface area contributed by atoms with Crippen molar-refractivity contribution in [2.24, 2.45) is 0 Å². The van der Waals surface area contributed by atoms with E-state index in [2.05, 4.69) is 4.72 Å². The fourth-order valence-corrected chi connectivity index (χ4v) is 3.37. The molecule has 2 N–H and O–H groups in total. The van der Waals surface area contributed by atoms with Crippen LogP contribution in [0, 0.1) is 0 Å². The molecule has 0 unspecified atom stereocenters.